The summed E-state index contributed by atoms with van der Waals surface area (Å²) in [6, 6.07) is 11.1. The quantitative estimate of drug-likeness (QED) is 0.863. The maximum absolute atomic E-state index is 11.7. The Balaban J connectivity index is 1.83. The molecule has 2 aliphatic rings. The van der Waals surface area contributed by atoms with E-state index in [0.717, 1.165) is 12.8 Å². The topological polar surface area (TPSA) is 49.8 Å². The number of carbonyl (C=O) groups excluding carboxylic acids is 1. The minimum atomic E-state index is -0.274. The predicted molar refractivity (Wildman–Crippen MR) is 79.6 cm³/mol. The van der Waals surface area contributed by atoms with E-state index < -0.39 is 0 Å². The molecule has 21 heavy (non-hydrogen) atoms. The first-order valence-electron chi connectivity index (χ1n) is 7.69. The number of esters is 1. The van der Waals surface area contributed by atoms with E-state index in [1.165, 1.54) is 12.7 Å². The molecule has 0 spiro atoms. The first-order chi connectivity index (χ1) is 10.1. The summed E-state index contributed by atoms with van der Waals surface area (Å²) in [5.41, 5.74) is 1.26. The molecule has 1 aromatic carbocycles. The van der Waals surface area contributed by atoms with E-state index >= 15 is 0 Å². The Morgan fingerprint density at radius 2 is 2.10 bits per heavy atom. The maximum Gasteiger partial charge on any atom is 0.307 e. The molecule has 4 heteroatoms. The molecule has 3 unspecified atom stereocenters. The van der Waals surface area contributed by atoms with E-state index in [-0.39, 0.29) is 30.1 Å². The fourth-order valence-corrected chi connectivity index (χ4v) is 4.19. The third-order valence-electron chi connectivity index (χ3n) is 5.18. The number of hydrogen-bond donors (Lipinski definition) is 1. The van der Waals surface area contributed by atoms with Crippen molar-refractivity contribution < 1.29 is 14.6 Å². The van der Waals surface area contributed by atoms with Crippen LogP contribution in [0.2, 0.25) is 0 Å². The van der Waals surface area contributed by atoms with Crippen LogP contribution in [0.15, 0.2) is 30.3 Å². The third kappa shape index (κ3) is 2.58. The van der Waals surface area contributed by atoms with Crippen LogP contribution in [0.25, 0.3) is 0 Å². The van der Waals surface area contributed by atoms with Crippen LogP contribution in [0.3, 0.4) is 0 Å². The number of methoxy groups -OCH3 is 1. The first-order valence-corrected chi connectivity index (χ1v) is 7.69. The smallest absolute Gasteiger partial charge is 0.307 e. The molecule has 3 rings (SSSR count). The van der Waals surface area contributed by atoms with Crippen molar-refractivity contribution in [3.05, 3.63) is 35.9 Å². The summed E-state index contributed by atoms with van der Waals surface area (Å²) in [4.78, 5) is 14.1. The second-order valence-corrected chi connectivity index (χ2v) is 6.24. The first kappa shape index (κ1) is 14.5. The Kier molecular flexibility index (Phi) is 4.00. The number of likely N-dealkylation sites (tertiary alicyclic amines) is 1. The Morgan fingerprint density at radius 1 is 1.38 bits per heavy atom. The van der Waals surface area contributed by atoms with Crippen molar-refractivity contribution >= 4 is 5.97 Å². The molecule has 1 saturated heterocycles. The van der Waals surface area contributed by atoms with Crippen LogP contribution < -0.4 is 0 Å². The fraction of sp³-hybridized carbons (Fsp3) is 0.588. The molecule has 0 amide bonds. The van der Waals surface area contributed by atoms with E-state index in [4.69, 9.17) is 4.74 Å². The van der Waals surface area contributed by atoms with Crippen LogP contribution in [0, 0.1) is 5.92 Å². The molecule has 114 valence electrons. The number of nitrogens with zero attached hydrogens (tertiary/aromatic N) is 1. The molecule has 0 radical (unpaired) electrons. The lowest BCUT2D eigenvalue weighted by molar-refractivity contribution is -0.143. The number of aliphatic hydroxyl groups excluding tert-OH is 1. The minimum absolute atomic E-state index is 0.0846. The van der Waals surface area contributed by atoms with Crippen molar-refractivity contribution in [2.45, 2.75) is 50.4 Å². The van der Waals surface area contributed by atoms with Crippen molar-refractivity contribution in [2.24, 2.45) is 5.92 Å². The van der Waals surface area contributed by atoms with E-state index in [1.54, 1.807) is 0 Å². The summed E-state index contributed by atoms with van der Waals surface area (Å²) >= 11 is 0. The van der Waals surface area contributed by atoms with Crippen molar-refractivity contribution in [1.29, 1.82) is 0 Å². The van der Waals surface area contributed by atoms with Crippen molar-refractivity contribution in [1.82, 2.24) is 4.90 Å². The van der Waals surface area contributed by atoms with Crippen molar-refractivity contribution in [2.75, 3.05) is 7.11 Å². The number of carbonyl (C=O) groups is 1. The van der Waals surface area contributed by atoms with Gasteiger partial charge in [0.05, 0.1) is 19.6 Å². The number of rotatable bonds is 4. The third-order valence-corrected chi connectivity index (χ3v) is 5.18. The summed E-state index contributed by atoms with van der Waals surface area (Å²) in [6.07, 6.45) is 1.90. The van der Waals surface area contributed by atoms with Crippen LogP contribution in [0.5, 0.6) is 0 Å². The average Bonchev–Trinajstić information content (AvgIpc) is 3.04. The number of aliphatic hydroxyl groups is 1. The van der Waals surface area contributed by atoms with Gasteiger partial charge in [0.15, 0.2) is 0 Å². The summed E-state index contributed by atoms with van der Waals surface area (Å²) < 4.78 is 4.84. The number of hydrogen-bond acceptors (Lipinski definition) is 4. The fourth-order valence-electron chi connectivity index (χ4n) is 4.19. The zero-order valence-electron chi connectivity index (χ0n) is 12.6. The number of fused-ring (bicyclic) bond motifs is 2. The van der Waals surface area contributed by atoms with Gasteiger partial charge in [0.1, 0.15) is 0 Å². The Morgan fingerprint density at radius 3 is 2.76 bits per heavy atom. The van der Waals surface area contributed by atoms with Crippen molar-refractivity contribution in [3.8, 4) is 0 Å². The highest BCUT2D eigenvalue weighted by Gasteiger charge is 2.52. The lowest BCUT2D eigenvalue weighted by Crippen LogP contribution is -2.47. The van der Waals surface area contributed by atoms with Crippen LogP contribution >= 0.6 is 0 Å². The Hall–Kier alpha value is -1.39. The molecule has 1 aliphatic heterocycles. The summed E-state index contributed by atoms with van der Waals surface area (Å²) in [5, 5.41) is 10.2. The lowest BCUT2D eigenvalue weighted by atomic mass is 9.91. The molecule has 1 aromatic rings. The highest BCUT2D eigenvalue weighted by molar-refractivity contribution is 5.70. The summed E-state index contributed by atoms with van der Waals surface area (Å²) in [5.74, 6) is 0.00488. The monoisotopic (exact) mass is 289 g/mol. The van der Waals surface area contributed by atoms with Gasteiger partial charge in [-0.1, -0.05) is 30.3 Å². The lowest BCUT2D eigenvalue weighted by Gasteiger charge is -2.41. The van der Waals surface area contributed by atoms with Gasteiger partial charge >= 0.3 is 5.97 Å². The molecule has 1 saturated carbocycles. The summed E-state index contributed by atoms with van der Waals surface area (Å²) in [7, 11) is 1.43. The largest absolute Gasteiger partial charge is 0.469 e. The van der Waals surface area contributed by atoms with E-state index in [9.17, 15) is 9.90 Å². The van der Waals surface area contributed by atoms with Crippen LogP contribution in [0.4, 0.5) is 0 Å². The summed E-state index contributed by atoms with van der Waals surface area (Å²) in [6.45, 7) is 2.19. The van der Waals surface area contributed by atoms with E-state index in [0.29, 0.717) is 12.5 Å². The number of benzene rings is 1. The Bertz CT molecular complexity index is 504. The van der Waals surface area contributed by atoms with Gasteiger partial charge in [0, 0.05) is 24.0 Å². The maximum atomic E-state index is 11.7. The molecular formula is C17H23NO3. The van der Waals surface area contributed by atoms with Crippen LogP contribution in [0.1, 0.15) is 37.8 Å². The molecule has 2 fully saturated rings. The zero-order chi connectivity index (χ0) is 15.0. The Labute approximate surface area is 125 Å². The second kappa shape index (κ2) is 5.78. The predicted octanol–water partition coefficient (Wildman–Crippen LogP) is 2.13. The minimum Gasteiger partial charge on any atom is -0.469 e. The molecular weight excluding hydrogens is 266 g/mol. The van der Waals surface area contributed by atoms with Gasteiger partial charge in [-0.2, -0.15) is 0 Å². The van der Waals surface area contributed by atoms with Gasteiger partial charge in [-0.05, 0) is 25.3 Å². The van der Waals surface area contributed by atoms with Gasteiger partial charge in [0.25, 0.3) is 0 Å². The molecule has 4 nitrogen and oxygen atoms in total. The normalized spacial score (nSPS) is 33.1. The van der Waals surface area contributed by atoms with E-state index in [2.05, 4.69) is 24.0 Å². The van der Waals surface area contributed by atoms with Gasteiger partial charge < -0.3 is 9.84 Å². The number of ether oxygens (including phenoxy) is 1. The van der Waals surface area contributed by atoms with Crippen LogP contribution in [-0.4, -0.2) is 41.3 Å². The zero-order valence-corrected chi connectivity index (χ0v) is 12.6. The molecule has 1 aliphatic carbocycles. The highest BCUT2D eigenvalue weighted by atomic mass is 16.5. The second-order valence-electron chi connectivity index (χ2n) is 6.24. The van der Waals surface area contributed by atoms with Crippen molar-refractivity contribution in [3.63, 3.8) is 0 Å². The van der Waals surface area contributed by atoms with E-state index in [1.807, 2.05) is 18.2 Å². The average molecular weight is 289 g/mol. The standard InChI is InChI=1S/C17H23NO3/c1-11(12-6-4-3-5-7-12)18-13-8-14(16(19)9-13)15(18)10-17(20)21-2/h3-7,11,13-16,19H,8-10H2,1-2H3/t11-,13?,14?,15-,16?/m0/s1. The molecule has 0 aromatic heterocycles. The SMILES string of the molecule is COC(=O)C[C@H]1C2CC(CC2O)N1[C@@H](C)c1ccccc1. The van der Waals surface area contributed by atoms with Crippen LogP contribution in [-0.2, 0) is 9.53 Å². The van der Waals surface area contributed by atoms with Gasteiger partial charge in [-0.25, -0.2) is 0 Å². The number of piperidine rings is 1. The van der Waals surface area contributed by atoms with Gasteiger partial charge in [-0.3, -0.25) is 9.69 Å². The molecule has 2 bridgehead atoms. The molecule has 1 heterocycles. The molecule has 1 N–H and O–H groups in total. The van der Waals surface area contributed by atoms with Gasteiger partial charge in [0.2, 0.25) is 0 Å². The molecule has 5 atom stereocenters. The van der Waals surface area contributed by atoms with Gasteiger partial charge in [-0.15, -0.1) is 0 Å². The highest BCUT2D eigenvalue weighted by Crippen LogP contribution is 2.47.